The molecule has 21 heavy (non-hydrogen) atoms. The van der Waals surface area contributed by atoms with Gasteiger partial charge in [0.05, 0.1) is 19.8 Å². The van der Waals surface area contributed by atoms with E-state index >= 15 is 0 Å². The van der Waals surface area contributed by atoms with E-state index < -0.39 is 0 Å². The van der Waals surface area contributed by atoms with E-state index in [0.717, 1.165) is 19.5 Å². The van der Waals surface area contributed by atoms with Crippen molar-refractivity contribution in [2.45, 2.75) is 20.3 Å². The monoisotopic (exact) mass is 292 g/mol. The standard InChI is InChI=1S/C16H24N2O3/c1-10-5-11(2)9-18(8-10)16(19)12-6-14(20-3)15(21-4)7-13(12)17/h6-7,10-11H,5,8-9,17H2,1-4H3/t10-,11+. The summed E-state index contributed by atoms with van der Waals surface area (Å²) in [6.45, 7) is 5.90. The number of nitrogens with zero attached hydrogens (tertiary/aromatic N) is 1. The Balaban J connectivity index is 2.30. The van der Waals surface area contributed by atoms with Gasteiger partial charge in [-0.05, 0) is 24.3 Å². The molecule has 0 bridgehead atoms. The molecule has 5 nitrogen and oxygen atoms in total. The minimum atomic E-state index is -0.0353. The molecule has 116 valence electrons. The summed E-state index contributed by atoms with van der Waals surface area (Å²) in [6, 6.07) is 3.31. The van der Waals surface area contributed by atoms with Gasteiger partial charge in [-0.15, -0.1) is 0 Å². The van der Waals surface area contributed by atoms with Crippen molar-refractivity contribution in [2.75, 3.05) is 33.0 Å². The topological polar surface area (TPSA) is 64.8 Å². The summed E-state index contributed by atoms with van der Waals surface area (Å²) >= 11 is 0. The van der Waals surface area contributed by atoms with E-state index in [1.54, 1.807) is 26.4 Å². The molecule has 1 aromatic rings. The third-order valence-electron chi connectivity index (χ3n) is 3.94. The Kier molecular flexibility index (Phi) is 4.60. The molecular weight excluding hydrogens is 268 g/mol. The van der Waals surface area contributed by atoms with Crippen LogP contribution in [0, 0.1) is 11.8 Å². The fraction of sp³-hybridized carbons (Fsp3) is 0.562. The second-order valence-corrected chi connectivity index (χ2v) is 5.95. The molecular formula is C16H24N2O3. The van der Waals surface area contributed by atoms with Crippen molar-refractivity contribution in [1.82, 2.24) is 4.90 Å². The number of piperidine rings is 1. The second kappa shape index (κ2) is 6.24. The van der Waals surface area contributed by atoms with Gasteiger partial charge in [-0.3, -0.25) is 4.79 Å². The van der Waals surface area contributed by atoms with Crippen LogP contribution in [0.3, 0.4) is 0 Å². The minimum Gasteiger partial charge on any atom is -0.493 e. The van der Waals surface area contributed by atoms with Gasteiger partial charge in [0.15, 0.2) is 11.5 Å². The van der Waals surface area contributed by atoms with Crippen LogP contribution in [0.15, 0.2) is 12.1 Å². The lowest BCUT2D eigenvalue weighted by molar-refractivity contribution is 0.0624. The van der Waals surface area contributed by atoms with E-state index in [1.165, 1.54) is 0 Å². The number of likely N-dealkylation sites (tertiary alicyclic amines) is 1. The summed E-state index contributed by atoms with van der Waals surface area (Å²) in [6.07, 6.45) is 1.16. The van der Waals surface area contributed by atoms with Gasteiger partial charge in [0, 0.05) is 24.8 Å². The van der Waals surface area contributed by atoms with Crippen molar-refractivity contribution in [3.8, 4) is 11.5 Å². The molecule has 1 heterocycles. The van der Waals surface area contributed by atoms with Crippen LogP contribution in [0.4, 0.5) is 5.69 Å². The molecule has 0 saturated carbocycles. The molecule has 1 aliphatic heterocycles. The average molecular weight is 292 g/mol. The first-order valence-corrected chi connectivity index (χ1v) is 7.27. The number of anilines is 1. The molecule has 2 rings (SSSR count). The molecule has 0 spiro atoms. The van der Waals surface area contributed by atoms with Crippen LogP contribution in [0.2, 0.25) is 0 Å². The fourth-order valence-corrected chi connectivity index (χ4v) is 3.08. The van der Waals surface area contributed by atoms with Gasteiger partial charge in [0.1, 0.15) is 0 Å². The number of benzene rings is 1. The number of carbonyl (C=O) groups is 1. The average Bonchev–Trinajstić information content (AvgIpc) is 2.45. The first kappa shape index (κ1) is 15.5. The van der Waals surface area contributed by atoms with Gasteiger partial charge < -0.3 is 20.1 Å². The van der Waals surface area contributed by atoms with Crippen molar-refractivity contribution in [2.24, 2.45) is 11.8 Å². The molecule has 1 aliphatic rings. The summed E-state index contributed by atoms with van der Waals surface area (Å²) in [7, 11) is 3.10. The maximum atomic E-state index is 12.7. The van der Waals surface area contributed by atoms with Crippen molar-refractivity contribution in [3.63, 3.8) is 0 Å². The number of carbonyl (C=O) groups excluding carboxylic acids is 1. The zero-order valence-corrected chi connectivity index (χ0v) is 13.2. The van der Waals surface area contributed by atoms with Crippen LogP contribution >= 0.6 is 0 Å². The SMILES string of the molecule is COc1cc(N)c(C(=O)N2C[C@H](C)C[C@H](C)C2)cc1OC. The van der Waals surface area contributed by atoms with E-state index in [1.807, 2.05) is 4.90 Å². The Hall–Kier alpha value is -1.91. The lowest BCUT2D eigenvalue weighted by Crippen LogP contribution is -2.42. The highest BCUT2D eigenvalue weighted by Gasteiger charge is 2.27. The van der Waals surface area contributed by atoms with Crippen LogP contribution in [0.25, 0.3) is 0 Å². The molecule has 1 aromatic carbocycles. The maximum absolute atomic E-state index is 12.7. The van der Waals surface area contributed by atoms with Gasteiger partial charge in [-0.1, -0.05) is 13.8 Å². The molecule has 0 unspecified atom stereocenters. The molecule has 0 radical (unpaired) electrons. The number of nitrogen functional groups attached to an aromatic ring is 1. The predicted octanol–water partition coefficient (Wildman–Crippen LogP) is 2.40. The van der Waals surface area contributed by atoms with Crippen LogP contribution in [-0.4, -0.2) is 38.1 Å². The first-order chi connectivity index (χ1) is 9.96. The highest BCUT2D eigenvalue weighted by Crippen LogP contribution is 2.33. The lowest BCUT2D eigenvalue weighted by Gasteiger charge is -2.35. The van der Waals surface area contributed by atoms with Crippen LogP contribution in [0.1, 0.15) is 30.6 Å². The van der Waals surface area contributed by atoms with E-state index in [2.05, 4.69) is 13.8 Å². The number of methoxy groups -OCH3 is 2. The highest BCUT2D eigenvalue weighted by molar-refractivity contribution is 6.00. The zero-order valence-electron chi connectivity index (χ0n) is 13.2. The van der Waals surface area contributed by atoms with E-state index in [-0.39, 0.29) is 5.91 Å². The molecule has 0 aliphatic carbocycles. The second-order valence-electron chi connectivity index (χ2n) is 5.95. The normalized spacial score (nSPS) is 22.0. The molecule has 1 amide bonds. The zero-order chi connectivity index (χ0) is 15.6. The third-order valence-corrected chi connectivity index (χ3v) is 3.94. The van der Waals surface area contributed by atoms with Gasteiger partial charge in [0.25, 0.3) is 5.91 Å². The number of nitrogens with two attached hydrogens (primary N) is 1. The van der Waals surface area contributed by atoms with Crippen LogP contribution in [0.5, 0.6) is 11.5 Å². The number of ether oxygens (including phenoxy) is 2. The van der Waals surface area contributed by atoms with Crippen LogP contribution in [-0.2, 0) is 0 Å². The Bertz CT molecular complexity index is 520. The maximum Gasteiger partial charge on any atom is 0.256 e. The summed E-state index contributed by atoms with van der Waals surface area (Å²) in [5.74, 6) is 2.05. The summed E-state index contributed by atoms with van der Waals surface area (Å²) in [5.41, 5.74) is 6.91. The van der Waals surface area contributed by atoms with Crippen molar-refractivity contribution < 1.29 is 14.3 Å². The Labute approximate surface area is 126 Å². The molecule has 0 aromatic heterocycles. The number of amides is 1. The highest BCUT2D eigenvalue weighted by atomic mass is 16.5. The van der Waals surface area contributed by atoms with Crippen molar-refractivity contribution in [3.05, 3.63) is 17.7 Å². The van der Waals surface area contributed by atoms with Crippen LogP contribution < -0.4 is 15.2 Å². The van der Waals surface area contributed by atoms with E-state index in [9.17, 15) is 4.79 Å². The van der Waals surface area contributed by atoms with E-state index in [0.29, 0.717) is 34.6 Å². The largest absolute Gasteiger partial charge is 0.493 e. The molecule has 2 N–H and O–H groups in total. The van der Waals surface area contributed by atoms with Crippen molar-refractivity contribution >= 4 is 11.6 Å². The quantitative estimate of drug-likeness (QED) is 0.869. The summed E-state index contributed by atoms with van der Waals surface area (Å²) in [5, 5.41) is 0. The number of rotatable bonds is 3. The van der Waals surface area contributed by atoms with E-state index in [4.69, 9.17) is 15.2 Å². The molecule has 2 atom stereocenters. The Morgan fingerprint density at radius 3 is 2.19 bits per heavy atom. The van der Waals surface area contributed by atoms with Gasteiger partial charge in [-0.25, -0.2) is 0 Å². The summed E-state index contributed by atoms with van der Waals surface area (Å²) in [4.78, 5) is 14.6. The van der Waals surface area contributed by atoms with Gasteiger partial charge in [-0.2, -0.15) is 0 Å². The molecule has 1 saturated heterocycles. The fourth-order valence-electron chi connectivity index (χ4n) is 3.08. The smallest absolute Gasteiger partial charge is 0.256 e. The number of hydrogen-bond donors (Lipinski definition) is 1. The minimum absolute atomic E-state index is 0.0353. The Morgan fingerprint density at radius 1 is 1.14 bits per heavy atom. The predicted molar refractivity (Wildman–Crippen MR) is 82.8 cm³/mol. The van der Waals surface area contributed by atoms with Gasteiger partial charge in [0.2, 0.25) is 0 Å². The lowest BCUT2D eigenvalue weighted by atomic mass is 9.91. The molecule has 1 fully saturated rings. The Morgan fingerprint density at radius 2 is 1.67 bits per heavy atom. The molecule has 5 heteroatoms. The van der Waals surface area contributed by atoms with Crippen molar-refractivity contribution in [1.29, 1.82) is 0 Å². The number of hydrogen-bond acceptors (Lipinski definition) is 4. The third kappa shape index (κ3) is 3.23. The summed E-state index contributed by atoms with van der Waals surface area (Å²) < 4.78 is 10.5. The van der Waals surface area contributed by atoms with Gasteiger partial charge >= 0.3 is 0 Å². The first-order valence-electron chi connectivity index (χ1n) is 7.27.